The van der Waals surface area contributed by atoms with E-state index in [1.165, 1.54) is 6.08 Å². The molecule has 0 amide bonds. The van der Waals surface area contributed by atoms with Gasteiger partial charge in [-0.15, -0.1) is 0 Å². The molecule has 14 heavy (non-hydrogen) atoms. The fraction of sp³-hybridized carbons (Fsp3) is 0.182. The van der Waals surface area contributed by atoms with Gasteiger partial charge in [0.15, 0.2) is 0 Å². The van der Waals surface area contributed by atoms with Gasteiger partial charge in [0.1, 0.15) is 0 Å². The predicted molar refractivity (Wildman–Crippen MR) is 53.4 cm³/mol. The number of hydrogen-bond acceptors (Lipinski definition) is 3. The molecule has 0 bridgehead atoms. The van der Waals surface area contributed by atoms with Crippen molar-refractivity contribution in [3.05, 3.63) is 48.1 Å². The summed E-state index contributed by atoms with van der Waals surface area (Å²) in [5, 5.41) is 8.01. The van der Waals surface area contributed by atoms with Crippen LogP contribution in [0.2, 0.25) is 0 Å². The van der Waals surface area contributed by atoms with E-state index in [1.54, 1.807) is 6.08 Å². The molecule has 0 spiro atoms. The first-order valence-corrected chi connectivity index (χ1v) is 4.32. The number of hydrogen-bond donors (Lipinski definition) is 1. The molecule has 1 rings (SSSR count). The minimum absolute atomic E-state index is 0.391. The maximum atomic E-state index is 10.6. The fourth-order valence-electron chi connectivity index (χ4n) is 1.03. The molecule has 1 atom stereocenters. The second-order valence-electron chi connectivity index (χ2n) is 3.01. The van der Waals surface area contributed by atoms with Crippen molar-refractivity contribution in [3.8, 4) is 0 Å². The van der Waals surface area contributed by atoms with E-state index in [0.29, 0.717) is 5.92 Å². The standard InChI is InChI=1S/C11H12O3/c1-9-3-2-4-10(6-5-9)7-8-11(12)14-13/h2-9,13H,1H3/b8-7+. The Morgan fingerprint density at radius 2 is 2.36 bits per heavy atom. The largest absolute Gasteiger partial charge is 0.365 e. The smallest absolute Gasteiger partial charge is 0.296 e. The first kappa shape index (κ1) is 10.5. The van der Waals surface area contributed by atoms with Crippen LogP contribution in [0.4, 0.5) is 0 Å². The van der Waals surface area contributed by atoms with Crippen LogP contribution in [0.15, 0.2) is 48.1 Å². The highest BCUT2D eigenvalue weighted by molar-refractivity contribution is 5.82. The predicted octanol–water partition coefficient (Wildman–Crippen LogP) is 2.25. The lowest BCUT2D eigenvalue weighted by molar-refractivity contribution is -0.228. The van der Waals surface area contributed by atoms with Crippen molar-refractivity contribution in [3.63, 3.8) is 0 Å². The monoisotopic (exact) mass is 192 g/mol. The molecule has 0 fully saturated rings. The molecule has 1 unspecified atom stereocenters. The summed E-state index contributed by atoms with van der Waals surface area (Å²) in [7, 11) is 0. The number of carbonyl (C=O) groups is 1. The first-order chi connectivity index (χ1) is 6.72. The van der Waals surface area contributed by atoms with Crippen LogP contribution in [0.25, 0.3) is 0 Å². The van der Waals surface area contributed by atoms with E-state index in [2.05, 4.69) is 11.8 Å². The summed E-state index contributed by atoms with van der Waals surface area (Å²) in [5.74, 6) is -0.387. The first-order valence-electron chi connectivity index (χ1n) is 4.32. The third-order valence-corrected chi connectivity index (χ3v) is 1.80. The Labute approximate surface area is 82.6 Å². The van der Waals surface area contributed by atoms with E-state index < -0.39 is 5.97 Å². The van der Waals surface area contributed by atoms with Crippen LogP contribution in [0.1, 0.15) is 6.92 Å². The van der Waals surface area contributed by atoms with Crippen molar-refractivity contribution in [1.29, 1.82) is 0 Å². The highest BCUT2D eigenvalue weighted by atomic mass is 17.1. The third kappa shape index (κ3) is 3.41. The van der Waals surface area contributed by atoms with Gasteiger partial charge in [0.05, 0.1) is 0 Å². The average molecular weight is 192 g/mol. The Kier molecular flexibility index (Phi) is 3.88. The van der Waals surface area contributed by atoms with Crippen LogP contribution in [-0.2, 0) is 9.68 Å². The van der Waals surface area contributed by atoms with Gasteiger partial charge in [-0.1, -0.05) is 37.3 Å². The molecule has 1 N–H and O–H groups in total. The summed E-state index contributed by atoms with van der Waals surface area (Å²) >= 11 is 0. The van der Waals surface area contributed by atoms with Gasteiger partial charge in [0.25, 0.3) is 0 Å². The molecule has 0 aromatic rings. The van der Waals surface area contributed by atoms with E-state index in [1.807, 2.05) is 30.4 Å². The zero-order chi connectivity index (χ0) is 10.4. The van der Waals surface area contributed by atoms with Crippen molar-refractivity contribution >= 4 is 5.97 Å². The van der Waals surface area contributed by atoms with Crippen LogP contribution >= 0.6 is 0 Å². The Hall–Kier alpha value is -1.61. The van der Waals surface area contributed by atoms with Gasteiger partial charge in [-0.25, -0.2) is 4.79 Å². The molecule has 0 radical (unpaired) electrons. The Balaban J connectivity index is 2.66. The van der Waals surface area contributed by atoms with Crippen molar-refractivity contribution in [2.75, 3.05) is 0 Å². The second kappa shape index (κ2) is 5.19. The molecule has 1 aliphatic carbocycles. The average Bonchev–Trinajstić information content (AvgIpc) is 2.39. The van der Waals surface area contributed by atoms with Crippen molar-refractivity contribution < 1.29 is 14.9 Å². The Bertz CT molecular complexity index is 321. The topological polar surface area (TPSA) is 46.5 Å². The van der Waals surface area contributed by atoms with Gasteiger partial charge < -0.3 is 0 Å². The lowest BCUT2D eigenvalue weighted by Crippen LogP contribution is -1.94. The van der Waals surface area contributed by atoms with Crippen LogP contribution in [0, 0.1) is 5.92 Å². The molecule has 0 heterocycles. The molecule has 0 aromatic heterocycles. The van der Waals surface area contributed by atoms with Gasteiger partial charge in [-0.2, -0.15) is 5.26 Å². The van der Waals surface area contributed by atoms with Gasteiger partial charge in [0, 0.05) is 6.08 Å². The van der Waals surface area contributed by atoms with Gasteiger partial charge in [-0.05, 0) is 17.6 Å². The van der Waals surface area contributed by atoms with Crippen LogP contribution in [0.3, 0.4) is 0 Å². The molecule has 0 aromatic carbocycles. The lowest BCUT2D eigenvalue weighted by Gasteiger charge is -1.93. The molecule has 3 heteroatoms. The van der Waals surface area contributed by atoms with E-state index in [0.717, 1.165) is 5.57 Å². The maximum Gasteiger partial charge on any atom is 0.365 e. The van der Waals surface area contributed by atoms with E-state index >= 15 is 0 Å². The Morgan fingerprint density at radius 3 is 3.07 bits per heavy atom. The summed E-state index contributed by atoms with van der Waals surface area (Å²) < 4.78 is 0. The van der Waals surface area contributed by atoms with Gasteiger partial charge >= 0.3 is 5.97 Å². The minimum atomic E-state index is -0.777. The quantitative estimate of drug-likeness (QED) is 0.414. The minimum Gasteiger partial charge on any atom is -0.296 e. The zero-order valence-electron chi connectivity index (χ0n) is 7.88. The van der Waals surface area contributed by atoms with Crippen LogP contribution < -0.4 is 0 Å². The SMILES string of the molecule is CC1C=CC=C(/C=C/C(=O)OO)C=C1. The number of rotatable bonds is 2. The second-order valence-corrected chi connectivity index (χ2v) is 3.01. The summed E-state index contributed by atoms with van der Waals surface area (Å²) in [5.41, 5.74) is 0.885. The van der Waals surface area contributed by atoms with Crippen LogP contribution in [-0.4, -0.2) is 11.2 Å². The lowest BCUT2D eigenvalue weighted by atomic mass is 10.1. The zero-order valence-corrected chi connectivity index (χ0v) is 7.88. The van der Waals surface area contributed by atoms with Crippen molar-refractivity contribution in [1.82, 2.24) is 0 Å². The van der Waals surface area contributed by atoms with Crippen molar-refractivity contribution in [2.45, 2.75) is 6.92 Å². The van der Waals surface area contributed by atoms with Gasteiger partial charge in [0.2, 0.25) is 0 Å². The maximum absolute atomic E-state index is 10.6. The Morgan fingerprint density at radius 1 is 1.57 bits per heavy atom. The normalized spacial score (nSPS) is 20.7. The highest BCUT2D eigenvalue weighted by Crippen LogP contribution is 2.10. The van der Waals surface area contributed by atoms with E-state index in [9.17, 15) is 4.79 Å². The molecular weight excluding hydrogens is 180 g/mol. The van der Waals surface area contributed by atoms with E-state index in [4.69, 9.17) is 5.26 Å². The highest BCUT2D eigenvalue weighted by Gasteiger charge is 1.96. The molecular formula is C11H12O3. The number of carbonyl (C=O) groups excluding carboxylic acids is 1. The summed E-state index contributed by atoms with van der Waals surface area (Å²) in [4.78, 5) is 14.1. The third-order valence-electron chi connectivity index (χ3n) is 1.80. The number of allylic oxidation sites excluding steroid dienone is 7. The summed E-state index contributed by atoms with van der Waals surface area (Å²) in [6.07, 6.45) is 12.5. The van der Waals surface area contributed by atoms with Gasteiger partial charge in [-0.3, -0.25) is 4.89 Å². The van der Waals surface area contributed by atoms with E-state index in [-0.39, 0.29) is 0 Å². The molecule has 3 nitrogen and oxygen atoms in total. The molecule has 0 aliphatic heterocycles. The summed E-state index contributed by atoms with van der Waals surface area (Å²) in [6.45, 7) is 2.06. The molecule has 1 aliphatic rings. The summed E-state index contributed by atoms with van der Waals surface area (Å²) in [6, 6.07) is 0. The fourth-order valence-corrected chi connectivity index (χ4v) is 1.03. The molecule has 74 valence electrons. The van der Waals surface area contributed by atoms with Crippen molar-refractivity contribution in [2.24, 2.45) is 5.92 Å². The molecule has 0 saturated heterocycles. The van der Waals surface area contributed by atoms with Crippen LogP contribution in [0.5, 0.6) is 0 Å². The molecule has 0 saturated carbocycles.